The lowest BCUT2D eigenvalue weighted by Gasteiger charge is -2.28. The molecule has 0 saturated carbocycles. The molecule has 1 aromatic carbocycles. The summed E-state index contributed by atoms with van der Waals surface area (Å²) >= 11 is 0. The number of rotatable bonds is 6. The molecule has 1 aromatic rings. The lowest BCUT2D eigenvalue weighted by atomic mass is 10.1. The van der Waals surface area contributed by atoms with Crippen LogP contribution in [-0.4, -0.2) is 40.1 Å². The SMILES string of the molecule is CNC(COC1COC1)c1cccc(OC)c1. The van der Waals surface area contributed by atoms with Crippen molar-refractivity contribution in [3.63, 3.8) is 0 Å². The highest BCUT2D eigenvalue weighted by atomic mass is 16.6. The fourth-order valence-corrected chi connectivity index (χ4v) is 1.75. The first-order chi connectivity index (χ1) is 8.33. The number of methoxy groups -OCH3 is 1. The van der Waals surface area contributed by atoms with Gasteiger partial charge in [0.15, 0.2) is 0 Å². The summed E-state index contributed by atoms with van der Waals surface area (Å²) in [5.41, 5.74) is 1.17. The van der Waals surface area contributed by atoms with Crippen LogP contribution < -0.4 is 10.1 Å². The van der Waals surface area contributed by atoms with Crippen molar-refractivity contribution in [1.29, 1.82) is 0 Å². The molecule has 0 spiro atoms. The first-order valence-electron chi connectivity index (χ1n) is 5.84. The van der Waals surface area contributed by atoms with E-state index in [-0.39, 0.29) is 12.1 Å². The number of nitrogens with one attached hydrogen (secondary N) is 1. The molecule has 17 heavy (non-hydrogen) atoms. The molecule has 1 heterocycles. The maximum absolute atomic E-state index is 5.73. The van der Waals surface area contributed by atoms with Crippen LogP contribution in [0.25, 0.3) is 0 Å². The van der Waals surface area contributed by atoms with E-state index in [0.29, 0.717) is 19.8 Å². The third-order valence-electron chi connectivity index (χ3n) is 2.95. The Balaban J connectivity index is 1.94. The summed E-state index contributed by atoms with van der Waals surface area (Å²) in [5, 5.41) is 3.25. The normalized spacial score (nSPS) is 17.5. The maximum atomic E-state index is 5.73. The molecule has 0 bridgehead atoms. The van der Waals surface area contributed by atoms with E-state index in [1.165, 1.54) is 5.56 Å². The number of hydrogen-bond acceptors (Lipinski definition) is 4. The zero-order chi connectivity index (χ0) is 12.1. The molecule has 1 unspecified atom stereocenters. The molecular formula is C13H19NO3. The monoisotopic (exact) mass is 237 g/mol. The van der Waals surface area contributed by atoms with Crippen LogP contribution >= 0.6 is 0 Å². The average molecular weight is 237 g/mol. The third-order valence-corrected chi connectivity index (χ3v) is 2.95. The van der Waals surface area contributed by atoms with Gasteiger partial charge in [-0.05, 0) is 24.7 Å². The second kappa shape index (κ2) is 6.00. The molecule has 0 aliphatic carbocycles. The highest BCUT2D eigenvalue weighted by Crippen LogP contribution is 2.20. The molecule has 1 N–H and O–H groups in total. The van der Waals surface area contributed by atoms with E-state index >= 15 is 0 Å². The molecule has 4 nitrogen and oxygen atoms in total. The molecule has 0 aromatic heterocycles. The van der Waals surface area contributed by atoms with Crippen molar-refractivity contribution in [3.8, 4) is 5.75 Å². The van der Waals surface area contributed by atoms with Gasteiger partial charge in [0.2, 0.25) is 0 Å². The predicted octanol–water partition coefficient (Wildman–Crippen LogP) is 1.37. The quantitative estimate of drug-likeness (QED) is 0.811. The van der Waals surface area contributed by atoms with Crippen molar-refractivity contribution in [2.45, 2.75) is 12.1 Å². The molecule has 0 amide bonds. The molecule has 4 heteroatoms. The van der Waals surface area contributed by atoms with E-state index in [1.54, 1.807) is 7.11 Å². The molecule has 1 saturated heterocycles. The number of ether oxygens (including phenoxy) is 3. The van der Waals surface area contributed by atoms with E-state index in [2.05, 4.69) is 11.4 Å². The van der Waals surface area contributed by atoms with Gasteiger partial charge in [-0.1, -0.05) is 12.1 Å². The van der Waals surface area contributed by atoms with Crippen LogP contribution in [0.2, 0.25) is 0 Å². The summed E-state index contributed by atoms with van der Waals surface area (Å²) in [5.74, 6) is 0.870. The summed E-state index contributed by atoms with van der Waals surface area (Å²) < 4.78 is 16.0. The first kappa shape index (κ1) is 12.4. The topological polar surface area (TPSA) is 39.7 Å². The second-order valence-corrected chi connectivity index (χ2v) is 4.11. The van der Waals surface area contributed by atoms with Crippen LogP contribution in [0, 0.1) is 0 Å². The Bertz CT molecular complexity index is 352. The standard InChI is InChI=1S/C13H19NO3/c1-14-13(9-17-12-7-16-8-12)10-4-3-5-11(6-10)15-2/h3-6,12-14H,7-9H2,1-2H3. The summed E-state index contributed by atoms with van der Waals surface area (Å²) in [6.07, 6.45) is 0.261. The van der Waals surface area contributed by atoms with E-state index < -0.39 is 0 Å². The largest absolute Gasteiger partial charge is 0.497 e. The minimum atomic E-state index is 0.186. The number of benzene rings is 1. The fraction of sp³-hybridized carbons (Fsp3) is 0.538. The van der Waals surface area contributed by atoms with Gasteiger partial charge in [0.25, 0.3) is 0 Å². The van der Waals surface area contributed by atoms with Crippen molar-refractivity contribution in [1.82, 2.24) is 5.32 Å². The Morgan fingerprint density at radius 1 is 1.47 bits per heavy atom. The molecular weight excluding hydrogens is 218 g/mol. The van der Waals surface area contributed by atoms with Gasteiger partial charge in [-0.3, -0.25) is 0 Å². The Kier molecular flexibility index (Phi) is 4.36. The smallest absolute Gasteiger partial charge is 0.119 e. The molecule has 2 rings (SSSR count). The third kappa shape index (κ3) is 3.19. The average Bonchev–Trinajstić information content (AvgIpc) is 2.32. The van der Waals surface area contributed by atoms with Gasteiger partial charge in [-0.15, -0.1) is 0 Å². The van der Waals surface area contributed by atoms with Gasteiger partial charge in [-0.25, -0.2) is 0 Å². The maximum Gasteiger partial charge on any atom is 0.119 e. The molecule has 1 aliphatic rings. The van der Waals surface area contributed by atoms with Crippen molar-refractivity contribution in [2.24, 2.45) is 0 Å². The lowest BCUT2D eigenvalue weighted by molar-refractivity contribution is -0.133. The minimum absolute atomic E-state index is 0.186. The van der Waals surface area contributed by atoms with Crippen LogP contribution in [0.1, 0.15) is 11.6 Å². The zero-order valence-corrected chi connectivity index (χ0v) is 10.3. The molecule has 1 atom stereocenters. The summed E-state index contributed by atoms with van der Waals surface area (Å²) in [6.45, 7) is 2.08. The summed E-state index contributed by atoms with van der Waals surface area (Å²) in [4.78, 5) is 0. The van der Waals surface area contributed by atoms with Gasteiger partial charge in [0.1, 0.15) is 11.9 Å². The molecule has 1 aliphatic heterocycles. The van der Waals surface area contributed by atoms with Crippen molar-refractivity contribution in [2.75, 3.05) is 34.0 Å². The summed E-state index contributed by atoms with van der Waals surface area (Å²) in [7, 11) is 3.61. The molecule has 94 valence electrons. The van der Waals surface area contributed by atoms with Crippen LogP contribution in [-0.2, 0) is 9.47 Å². The van der Waals surface area contributed by atoms with E-state index in [1.807, 2.05) is 25.2 Å². The van der Waals surface area contributed by atoms with Crippen LogP contribution in [0.3, 0.4) is 0 Å². The highest BCUT2D eigenvalue weighted by molar-refractivity contribution is 5.30. The van der Waals surface area contributed by atoms with Crippen LogP contribution in [0.15, 0.2) is 24.3 Å². The minimum Gasteiger partial charge on any atom is -0.497 e. The van der Waals surface area contributed by atoms with Crippen LogP contribution in [0.5, 0.6) is 5.75 Å². The van der Waals surface area contributed by atoms with Crippen molar-refractivity contribution in [3.05, 3.63) is 29.8 Å². The first-order valence-corrected chi connectivity index (χ1v) is 5.84. The van der Waals surface area contributed by atoms with E-state index in [4.69, 9.17) is 14.2 Å². The van der Waals surface area contributed by atoms with Gasteiger partial charge < -0.3 is 19.5 Å². The van der Waals surface area contributed by atoms with Crippen molar-refractivity contribution >= 4 is 0 Å². The Labute approximate surface area is 102 Å². The zero-order valence-electron chi connectivity index (χ0n) is 10.3. The highest BCUT2D eigenvalue weighted by Gasteiger charge is 2.20. The molecule has 0 radical (unpaired) electrons. The predicted molar refractivity (Wildman–Crippen MR) is 65.4 cm³/mol. The van der Waals surface area contributed by atoms with Crippen molar-refractivity contribution < 1.29 is 14.2 Å². The second-order valence-electron chi connectivity index (χ2n) is 4.11. The van der Waals surface area contributed by atoms with Gasteiger partial charge in [0, 0.05) is 0 Å². The van der Waals surface area contributed by atoms with Gasteiger partial charge >= 0.3 is 0 Å². The lowest BCUT2D eigenvalue weighted by Crippen LogP contribution is -2.38. The molecule has 1 fully saturated rings. The van der Waals surface area contributed by atoms with Gasteiger partial charge in [-0.2, -0.15) is 0 Å². The fourth-order valence-electron chi connectivity index (χ4n) is 1.75. The van der Waals surface area contributed by atoms with E-state index in [9.17, 15) is 0 Å². The number of likely N-dealkylation sites (N-methyl/N-ethyl adjacent to an activating group) is 1. The Morgan fingerprint density at radius 3 is 2.88 bits per heavy atom. The van der Waals surface area contributed by atoms with Gasteiger partial charge in [0.05, 0.1) is 33.0 Å². The Hall–Kier alpha value is -1.10. The van der Waals surface area contributed by atoms with Crippen LogP contribution in [0.4, 0.5) is 0 Å². The Morgan fingerprint density at radius 2 is 2.29 bits per heavy atom. The van der Waals surface area contributed by atoms with E-state index in [0.717, 1.165) is 5.75 Å². The summed E-state index contributed by atoms with van der Waals surface area (Å²) in [6, 6.07) is 8.22. The number of hydrogen-bond donors (Lipinski definition) is 1.